The van der Waals surface area contributed by atoms with Gasteiger partial charge < -0.3 is 24.8 Å². The Labute approximate surface area is 167 Å². The predicted molar refractivity (Wildman–Crippen MR) is 113 cm³/mol. The van der Waals surface area contributed by atoms with Gasteiger partial charge in [0.1, 0.15) is 11.5 Å². The van der Waals surface area contributed by atoms with Crippen LogP contribution in [0.1, 0.15) is 6.42 Å². The van der Waals surface area contributed by atoms with E-state index in [0.29, 0.717) is 0 Å². The van der Waals surface area contributed by atoms with Gasteiger partial charge in [-0.2, -0.15) is 0 Å². The van der Waals surface area contributed by atoms with Crippen LogP contribution >= 0.6 is 0 Å². The Morgan fingerprint density at radius 1 is 0.964 bits per heavy atom. The summed E-state index contributed by atoms with van der Waals surface area (Å²) >= 11 is 0. The van der Waals surface area contributed by atoms with Crippen LogP contribution in [0.4, 0.5) is 10.5 Å². The topological polar surface area (TPSA) is 48.1 Å². The fourth-order valence-electron chi connectivity index (χ4n) is 3.22. The fraction of sp³-hybridized carbons (Fsp3) is 0.409. The summed E-state index contributed by atoms with van der Waals surface area (Å²) in [5.74, 6) is 1.66. The number of amides is 2. The molecule has 150 valence electrons. The molecule has 6 heteroatoms. The van der Waals surface area contributed by atoms with Crippen LogP contribution in [0.15, 0.2) is 54.6 Å². The fourth-order valence-corrected chi connectivity index (χ4v) is 3.22. The number of nitrogens with one attached hydrogen (secondary N) is 1. The summed E-state index contributed by atoms with van der Waals surface area (Å²) < 4.78 is 5.85. The summed E-state index contributed by atoms with van der Waals surface area (Å²) in [6.07, 6.45) is 0.968. The number of nitrogens with zero attached hydrogens (tertiary/aromatic N) is 3. The number of para-hydroxylation sites is 1. The van der Waals surface area contributed by atoms with Gasteiger partial charge in [-0.1, -0.05) is 18.2 Å². The number of rotatable bonds is 7. The number of urea groups is 1. The first-order chi connectivity index (χ1) is 13.6. The molecule has 2 aromatic rings. The summed E-state index contributed by atoms with van der Waals surface area (Å²) in [5, 5.41) is 3.02. The zero-order valence-electron chi connectivity index (χ0n) is 16.8. The first-order valence-corrected chi connectivity index (χ1v) is 9.87. The van der Waals surface area contributed by atoms with Crippen LogP contribution in [0.25, 0.3) is 0 Å². The molecule has 0 atom stereocenters. The first-order valence-electron chi connectivity index (χ1n) is 9.87. The standard InChI is InChI=1S/C22H30N4O2/c1-24(2)14-6-13-23-22(27)26-17-15-25(16-18-26)19-9-11-21(12-10-19)28-20-7-4-3-5-8-20/h3-5,7-12H,6,13-18H2,1-2H3,(H,23,27). The SMILES string of the molecule is CN(C)CCCNC(=O)N1CCN(c2ccc(Oc3ccccc3)cc2)CC1. The number of anilines is 1. The van der Waals surface area contributed by atoms with Gasteiger partial charge in [0, 0.05) is 38.4 Å². The van der Waals surface area contributed by atoms with E-state index in [1.165, 1.54) is 0 Å². The monoisotopic (exact) mass is 382 g/mol. The van der Waals surface area contributed by atoms with Crippen LogP contribution in [0.2, 0.25) is 0 Å². The lowest BCUT2D eigenvalue weighted by Gasteiger charge is -2.36. The second kappa shape index (κ2) is 9.99. The Morgan fingerprint density at radius 2 is 1.61 bits per heavy atom. The first kappa shape index (κ1) is 20.0. The van der Waals surface area contributed by atoms with E-state index in [9.17, 15) is 4.79 Å². The van der Waals surface area contributed by atoms with Gasteiger partial charge >= 0.3 is 6.03 Å². The molecule has 0 aliphatic carbocycles. The van der Waals surface area contributed by atoms with Crippen LogP contribution in [-0.2, 0) is 0 Å². The maximum absolute atomic E-state index is 12.3. The van der Waals surface area contributed by atoms with E-state index in [0.717, 1.165) is 62.9 Å². The average molecular weight is 383 g/mol. The number of carbonyl (C=O) groups is 1. The van der Waals surface area contributed by atoms with Crippen molar-refractivity contribution in [3.8, 4) is 11.5 Å². The van der Waals surface area contributed by atoms with Gasteiger partial charge in [0.25, 0.3) is 0 Å². The highest BCUT2D eigenvalue weighted by Gasteiger charge is 2.21. The van der Waals surface area contributed by atoms with Gasteiger partial charge in [-0.15, -0.1) is 0 Å². The lowest BCUT2D eigenvalue weighted by atomic mass is 10.2. The van der Waals surface area contributed by atoms with Crippen molar-refractivity contribution in [1.82, 2.24) is 15.1 Å². The third-order valence-corrected chi connectivity index (χ3v) is 4.81. The lowest BCUT2D eigenvalue weighted by Crippen LogP contribution is -2.52. The summed E-state index contributed by atoms with van der Waals surface area (Å²) in [5.41, 5.74) is 1.16. The van der Waals surface area contributed by atoms with Crippen molar-refractivity contribution in [2.45, 2.75) is 6.42 Å². The molecule has 1 N–H and O–H groups in total. The molecule has 0 radical (unpaired) electrons. The Morgan fingerprint density at radius 3 is 2.25 bits per heavy atom. The molecule has 0 aromatic heterocycles. The molecule has 1 aliphatic rings. The molecule has 1 fully saturated rings. The smallest absolute Gasteiger partial charge is 0.317 e. The Hall–Kier alpha value is -2.73. The molecule has 3 rings (SSSR count). The number of hydrogen-bond donors (Lipinski definition) is 1. The van der Waals surface area contributed by atoms with Crippen LogP contribution < -0.4 is 15.0 Å². The van der Waals surface area contributed by atoms with E-state index in [1.807, 2.05) is 61.5 Å². The number of carbonyl (C=O) groups excluding carboxylic acids is 1. The van der Waals surface area contributed by atoms with Crippen LogP contribution in [0.5, 0.6) is 11.5 Å². The molecule has 0 bridgehead atoms. The molecule has 1 aliphatic heterocycles. The maximum Gasteiger partial charge on any atom is 0.317 e. The predicted octanol–water partition coefficient (Wildman–Crippen LogP) is 3.26. The molecule has 1 heterocycles. The maximum atomic E-state index is 12.3. The minimum absolute atomic E-state index is 0.0463. The van der Waals surface area contributed by atoms with E-state index in [4.69, 9.17) is 4.74 Å². The minimum atomic E-state index is 0.0463. The van der Waals surface area contributed by atoms with Crippen LogP contribution in [-0.4, -0.2) is 69.2 Å². The highest BCUT2D eigenvalue weighted by atomic mass is 16.5. The highest BCUT2D eigenvalue weighted by Crippen LogP contribution is 2.24. The van der Waals surface area contributed by atoms with E-state index in [-0.39, 0.29) is 6.03 Å². The third-order valence-electron chi connectivity index (χ3n) is 4.81. The molecule has 2 amide bonds. The van der Waals surface area contributed by atoms with Crippen molar-refractivity contribution >= 4 is 11.7 Å². The zero-order valence-corrected chi connectivity index (χ0v) is 16.8. The Kier molecular flexibility index (Phi) is 7.14. The van der Waals surface area contributed by atoms with Crippen molar-refractivity contribution in [1.29, 1.82) is 0 Å². The van der Waals surface area contributed by atoms with Crippen molar-refractivity contribution in [3.05, 3.63) is 54.6 Å². The van der Waals surface area contributed by atoms with E-state index >= 15 is 0 Å². The summed E-state index contributed by atoms with van der Waals surface area (Å²) in [7, 11) is 4.09. The summed E-state index contributed by atoms with van der Waals surface area (Å²) in [6, 6.07) is 18.0. The highest BCUT2D eigenvalue weighted by molar-refractivity contribution is 5.74. The quantitative estimate of drug-likeness (QED) is 0.747. The second-order valence-electron chi connectivity index (χ2n) is 7.27. The molecule has 0 spiro atoms. The van der Waals surface area contributed by atoms with Gasteiger partial charge in [-0.3, -0.25) is 0 Å². The van der Waals surface area contributed by atoms with Crippen LogP contribution in [0.3, 0.4) is 0 Å². The molecular weight excluding hydrogens is 352 g/mol. The Bertz CT molecular complexity index is 726. The van der Waals surface area contributed by atoms with Crippen molar-refractivity contribution < 1.29 is 9.53 Å². The molecule has 0 unspecified atom stereocenters. The van der Waals surface area contributed by atoms with Gasteiger partial charge in [-0.05, 0) is 63.5 Å². The number of piperazine rings is 1. The van der Waals surface area contributed by atoms with Crippen molar-refractivity contribution in [2.24, 2.45) is 0 Å². The number of benzene rings is 2. The third kappa shape index (κ3) is 5.89. The minimum Gasteiger partial charge on any atom is -0.457 e. The number of hydrogen-bond acceptors (Lipinski definition) is 4. The zero-order chi connectivity index (χ0) is 19.8. The molecular formula is C22H30N4O2. The lowest BCUT2D eigenvalue weighted by molar-refractivity contribution is 0.194. The second-order valence-corrected chi connectivity index (χ2v) is 7.27. The van der Waals surface area contributed by atoms with Crippen LogP contribution in [0, 0.1) is 0 Å². The van der Waals surface area contributed by atoms with E-state index in [2.05, 4.69) is 27.2 Å². The van der Waals surface area contributed by atoms with E-state index in [1.54, 1.807) is 0 Å². The largest absolute Gasteiger partial charge is 0.457 e. The molecule has 28 heavy (non-hydrogen) atoms. The van der Waals surface area contributed by atoms with Gasteiger partial charge in [0.15, 0.2) is 0 Å². The molecule has 2 aromatic carbocycles. The number of ether oxygens (including phenoxy) is 1. The van der Waals surface area contributed by atoms with Gasteiger partial charge in [0.05, 0.1) is 0 Å². The van der Waals surface area contributed by atoms with Crippen molar-refractivity contribution in [3.63, 3.8) is 0 Å². The normalized spacial score (nSPS) is 14.2. The summed E-state index contributed by atoms with van der Waals surface area (Å²) in [6.45, 7) is 4.86. The van der Waals surface area contributed by atoms with Crippen molar-refractivity contribution in [2.75, 3.05) is 58.3 Å². The average Bonchev–Trinajstić information content (AvgIpc) is 2.72. The molecule has 1 saturated heterocycles. The Balaban J connectivity index is 1.43. The molecule has 0 saturated carbocycles. The van der Waals surface area contributed by atoms with Gasteiger partial charge in [-0.25, -0.2) is 4.79 Å². The van der Waals surface area contributed by atoms with Gasteiger partial charge in [0.2, 0.25) is 0 Å². The summed E-state index contributed by atoms with van der Waals surface area (Å²) in [4.78, 5) is 18.6. The molecule has 6 nitrogen and oxygen atoms in total. The van der Waals surface area contributed by atoms with E-state index < -0.39 is 0 Å².